The van der Waals surface area contributed by atoms with Crippen LogP contribution in [0.5, 0.6) is 0 Å². The summed E-state index contributed by atoms with van der Waals surface area (Å²) in [5.74, 6) is 0. The van der Waals surface area contributed by atoms with Crippen molar-refractivity contribution in [3.8, 4) is 11.4 Å². The normalized spacial score (nSPS) is 12.2. The lowest BCUT2D eigenvalue weighted by molar-refractivity contribution is 1.17. The molecule has 0 atom stereocenters. The minimum Gasteiger partial charge on any atom is -0.309 e. The number of nitrogens with zero attached hydrogens (tertiary/aromatic N) is 4. The van der Waals surface area contributed by atoms with Gasteiger partial charge in [0.05, 0.1) is 27.6 Å². The molecule has 4 nitrogen and oxygen atoms in total. The highest BCUT2D eigenvalue weighted by Crippen LogP contribution is 2.43. The first-order chi connectivity index (χ1) is 21.4. The Morgan fingerprint density at radius 2 is 0.953 bits per heavy atom. The van der Waals surface area contributed by atoms with Crippen LogP contribution in [0.25, 0.3) is 82.3 Å². The Labute approximate surface area is 246 Å². The Kier molecular flexibility index (Phi) is 4.42. The summed E-state index contributed by atoms with van der Waals surface area (Å²) in [6, 6.07) is 48.3. The van der Waals surface area contributed by atoms with Crippen LogP contribution in [0.1, 0.15) is 0 Å². The number of fused-ring (bicyclic) bond motifs is 13. The second-order valence-corrected chi connectivity index (χ2v) is 11.3. The van der Waals surface area contributed by atoms with Crippen molar-refractivity contribution in [1.82, 2.24) is 18.5 Å². The van der Waals surface area contributed by atoms with Gasteiger partial charge in [0.25, 0.3) is 0 Å². The lowest BCUT2D eigenvalue weighted by Gasteiger charge is -2.11. The highest BCUT2D eigenvalue weighted by molar-refractivity contribution is 6.30. The maximum atomic E-state index is 4.76. The first-order valence-electron chi connectivity index (χ1n) is 14.7. The highest BCUT2D eigenvalue weighted by Gasteiger charge is 2.21. The standard InChI is InChI=1S/C39H24N4/c1-3-11-25(12-4-1)42-32-18-10-9-15-27(32)30-23-36-31(24-35(30)42)38-34(43(36)26-13-5-2-6-14-26)20-19-33-37(38)28-16-7-8-17-29(28)39-40-21-22-41(33)39/h1-24H. The van der Waals surface area contributed by atoms with Gasteiger partial charge in [-0.3, -0.25) is 4.40 Å². The summed E-state index contributed by atoms with van der Waals surface area (Å²) in [5, 5.41) is 8.63. The van der Waals surface area contributed by atoms with E-state index >= 15 is 0 Å². The minimum atomic E-state index is 0.987. The molecule has 10 aromatic rings. The lowest BCUT2D eigenvalue weighted by Crippen LogP contribution is -1.94. The summed E-state index contributed by atoms with van der Waals surface area (Å²) in [4.78, 5) is 4.76. The molecule has 43 heavy (non-hydrogen) atoms. The van der Waals surface area contributed by atoms with Gasteiger partial charge >= 0.3 is 0 Å². The molecule has 0 spiro atoms. The van der Waals surface area contributed by atoms with E-state index in [9.17, 15) is 0 Å². The van der Waals surface area contributed by atoms with E-state index in [2.05, 4.69) is 153 Å². The van der Waals surface area contributed by atoms with Crippen LogP contribution in [-0.2, 0) is 0 Å². The monoisotopic (exact) mass is 548 g/mol. The van der Waals surface area contributed by atoms with Crippen molar-refractivity contribution in [2.45, 2.75) is 0 Å². The first kappa shape index (κ1) is 22.8. The Bertz CT molecular complexity index is 2710. The fourth-order valence-corrected chi connectivity index (χ4v) is 7.34. The van der Waals surface area contributed by atoms with E-state index in [4.69, 9.17) is 4.98 Å². The second kappa shape index (κ2) is 8.34. The van der Waals surface area contributed by atoms with Crippen LogP contribution in [0, 0.1) is 0 Å². The Morgan fingerprint density at radius 1 is 0.395 bits per heavy atom. The summed E-state index contributed by atoms with van der Waals surface area (Å²) in [6.45, 7) is 0. The summed E-state index contributed by atoms with van der Waals surface area (Å²) in [5.41, 5.74) is 9.28. The zero-order chi connectivity index (χ0) is 28.1. The largest absolute Gasteiger partial charge is 0.309 e. The summed E-state index contributed by atoms with van der Waals surface area (Å²) >= 11 is 0. The molecule has 6 aromatic carbocycles. The third-order valence-corrected chi connectivity index (χ3v) is 9.07. The van der Waals surface area contributed by atoms with Crippen LogP contribution in [0.3, 0.4) is 0 Å². The topological polar surface area (TPSA) is 27.2 Å². The Morgan fingerprint density at radius 3 is 1.72 bits per heavy atom. The average molecular weight is 549 g/mol. The van der Waals surface area contributed by atoms with E-state index in [-0.39, 0.29) is 0 Å². The molecule has 4 aromatic heterocycles. The molecule has 0 fully saturated rings. The summed E-state index contributed by atoms with van der Waals surface area (Å²) in [6.07, 6.45) is 3.98. The third-order valence-electron chi connectivity index (χ3n) is 9.07. The minimum absolute atomic E-state index is 0.987. The van der Waals surface area contributed by atoms with Gasteiger partial charge in [-0.25, -0.2) is 4.98 Å². The third kappa shape index (κ3) is 2.97. The van der Waals surface area contributed by atoms with Gasteiger partial charge in [0.2, 0.25) is 0 Å². The molecule has 0 saturated carbocycles. The fourth-order valence-electron chi connectivity index (χ4n) is 7.34. The summed E-state index contributed by atoms with van der Waals surface area (Å²) < 4.78 is 7.08. The number of imidazole rings is 1. The van der Waals surface area contributed by atoms with Crippen molar-refractivity contribution in [3.63, 3.8) is 0 Å². The number of rotatable bonds is 2. The quantitative estimate of drug-likeness (QED) is 0.198. The molecule has 0 N–H and O–H groups in total. The molecular formula is C39H24N4. The molecule has 0 aliphatic heterocycles. The van der Waals surface area contributed by atoms with Gasteiger partial charge in [-0.15, -0.1) is 0 Å². The molecule has 0 aliphatic carbocycles. The van der Waals surface area contributed by atoms with Gasteiger partial charge < -0.3 is 9.13 Å². The molecule has 0 amide bonds. The molecule has 0 aliphatic rings. The highest BCUT2D eigenvalue weighted by atomic mass is 15.0. The Hall–Kier alpha value is -5.87. The first-order valence-corrected chi connectivity index (χ1v) is 14.7. The van der Waals surface area contributed by atoms with E-state index in [0.29, 0.717) is 0 Å². The van der Waals surface area contributed by atoms with Crippen LogP contribution < -0.4 is 0 Å². The van der Waals surface area contributed by atoms with Gasteiger partial charge in [0.15, 0.2) is 0 Å². The van der Waals surface area contributed by atoms with Crippen molar-refractivity contribution >= 4 is 70.9 Å². The van der Waals surface area contributed by atoms with Crippen LogP contribution in [0.4, 0.5) is 0 Å². The van der Waals surface area contributed by atoms with Crippen molar-refractivity contribution in [3.05, 3.63) is 146 Å². The molecule has 4 heterocycles. The van der Waals surface area contributed by atoms with Gasteiger partial charge in [0.1, 0.15) is 5.65 Å². The number of hydrogen-bond donors (Lipinski definition) is 0. The molecular weight excluding hydrogens is 524 g/mol. The number of hydrogen-bond acceptors (Lipinski definition) is 1. The molecule has 0 bridgehead atoms. The maximum absolute atomic E-state index is 4.76. The van der Waals surface area contributed by atoms with Crippen molar-refractivity contribution < 1.29 is 0 Å². The number of pyridine rings is 1. The zero-order valence-electron chi connectivity index (χ0n) is 23.1. The van der Waals surface area contributed by atoms with Crippen molar-refractivity contribution in [2.24, 2.45) is 0 Å². The van der Waals surface area contributed by atoms with Crippen LogP contribution in [-0.4, -0.2) is 18.5 Å². The van der Waals surface area contributed by atoms with E-state index < -0.39 is 0 Å². The van der Waals surface area contributed by atoms with Crippen LogP contribution >= 0.6 is 0 Å². The van der Waals surface area contributed by atoms with E-state index in [0.717, 1.165) is 27.9 Å². The maximum Gasteiger partial charge on any atom is 0.145 e. The second-order valence-electron chi connectivity index (χ2n) is 11.3. The fraction of sp³-hybridized carbons (Fsp3) is 0. The van der Waals surface area contributed by atoms with Crippen molar-refractivity contribution in [1.29, 1.82) is 0 Å². The smallest absolute Gasteiger partial charge is 0.145 e. The average Bonchev–Trinajstić information content (AvgIpc) is 3.77. The van der Waals surface area contributed by atoms with E-state index in [1.54, 1.807) is 0 Å². The van der Waals surface area contributed by atoms with E-state index in [1.807, 2.05) is 6.20 Å². The number of benzene rings is 6. The SMILES string of the molecule is c1ccc(-n2c3ccccc3c3cc4c(cc32)c2c3c5ccccc5c5nccn5c3ccc2n4-c2ccccc2)cc1. The molecule has 200 valence electrons. The molecule has 0 radical (unpaired) electrons. The molecule has 0 saturated heterocycles. The number of para-hydroxylation sites is 3. The van der Waals surface area contributed by atoms with Gasteiger partial charge in [-0.05, 0) is 60.0 Å². The summed E-state index contributed by atoms with van der Waals surface area (Å²) in [7, 11) is 0. The van der Waals surface area contributed by atoms with Crippen molar-refractivity contribution in [2.75, 3.05) is 0 Å². The molecule has 10 rings (SSSR count). The predicted molar refractivity (Wildman–Crippen MR) is 179 cm³/mol. The lowest BCUT2D eigenvalue weighted by atomic mass is 10.00. The molecule has 0 unspecified atom stereocenters. The zero-order valence-corrected chi connectivity index (χ0v) is 23.1. The van der Waals surface area contributed by atoms with Gasteiger partial charge in [-0.1, -0.05) is 78.9 Å². The van der Waals surface area contributed by atoms with Crippen LogP contribution in [0.15, 0.2) is 146 Å². The predicted octanol–water partition coefficient (Wildman–Crippen LogP) is 9.83. The van der Waals surface area contributed by atoms with Crippen LogP contribution in [0.2, 0.25) is 0 Å². The Balaban J connectivity index is 1.50. The van der Waals surface area contributed by atoms with Gasteiger partial charge in [0, 0.05) is 56.1 Å². The van der Waals surface area contributed by atoms with Gasteiger partial charge in [-0.2, -0.15) is 0 Å². The number of aromatic nitrogens is 4. The molecule has 4 heteroatoms. The van der Waals surface area contributed by atoms with E-state index in [1.165, 1.54) is 54.4 Å².